The van der Waals surface area contributed by atoms with Crippen LogP contribution >= 0.6 is 11.6 Å². The van der Waals surface area contributed by atoms with Crippen molar-refractivity contribution in [1.82, 2.24) is 20.5 Å². The number of fused-ring (bicyclic) bond motifs is 1. The molecule has 0 spiro atoms. The fourth-order valence-corrected chi connectivity index (χ4v) is 2.90. The third-order valence-electron chi connectivity index (χ3n) is 4.00. The summed E-state index contributed by atoms with van der Waals surface area (Å²) in [4.78, 5) is 15.4. The first-order chi connectivity index (χ1) is 12.7. The third kappa shape index (κ3) is 3.45. The van der Waals surface area contributed by atoms with Crippen molar-refractivity contribution in [3.8, 4) is 11.5 Å². The lowest BCUT2D eigenvalue weighted by Gasteiger charge is -2.02. The van der Waals surface area contributed by atoms with Crippen LogP contribution in [-0.2, 0) is 17.8 Å². The van der Waals surface area contributed by atoms with Crippen molar-refractivity contribution in [2.45, 2.75) is 13.0 Å². The van der Waals surface area contributed by atoms with Crippen LogP contribution in [0.3, 0.4) is 0 Å². The predicted molar refractivity (Wildman–Crippen MR) is 98.6 cm³/mol. The summed E-state index contributed by atoms with van der Waals surface area (Å²) in [6.07, 6.45) is 2.06. The number of H-pyrrole nitrogens is 1. The van der Waals surface area contributed by atoms with Gasteiger partial charge in [-0.1, -0.05) is 29.8 Å². The fourth-order valence-electron chi connectivity index (χ4n) is 2.73. The summed E-state index contributed by atoms with van der Waals surface area (Å²) in [5.41, 5.74) is 2.67. The van der Waals surface area contributed by atoms with Crippen molar-refractivity contribution < 1.29 is 9.21 Å². The highest BCUT2D eigenvalue weighted by molar-refractivity contribution is 6.31. The molecule has 0 atom stereocenters. The Morgan fingerprint density at radius 1 is 1.15 bits per heavy atom. The number of hydrogen-bond acceptors (Lipinski definition) is 4. The normalized spacial score (nSPS) is 11.0. The van der Waals surface area contributed by atoms with Gasteiger partial charge in [0.05, 0.1) is 13.0 Å². The molecule has 0 unspecified atom stereocenters. The Labute approximate surface area is 154 Å². The van der Waals surface area contributed by atoms with Gasteiger partial charge in [0.2, 0.25) is 17.7 Å². The van der Waals surface area contributed by atoms with Gasteiger partial charge in [0.25, 0.3) is 0 Å². The maximum absolute atomic E-state index is 12.2. The van der Waals surface area contributed by atoms with Crippen molar-refractivity contribution in [3.63, 3.8) is 0 Å². The van der Waals surface area contributed by atoms with E-state index in [2.05, 4.69) is 20.5 Å². The molecular weight excluding hydrogens is 352 g/mol. The van der Waals surface area contributed by atoms with Gasteiger partial charge in [0.15, 0.2) is 0 Å². The van der Waals surface area contributed by atoms with Crippen molar-refractivity contribution in [3.05, 3.63) is 71.2 Å². The molecule has 4 rings (SSSR count). The second-order valence-corrected chi connectivity index (χ2v) is 6.26. The molecule has 0 aliphatic heterocycles. The molecule has 130 valence electrons. The van der Waals surface area contributed by atoms with Crippen LogP contribution in [-0.4, -0.2) is 21.1 Å². The van der Waals surface area contributed by atoms with E-state index in [-0.39, 0.29) is 18.9 Å². The minimum Gasteiger partial charge on any atom is -0.419 e. The minimum atomic E-state index is -0.134. The van der Waals surface area contributed by atoms with E-state index in [1.807, 2.05) is 54.7 Å². The quantitative estimate of drug-likeness (QED) is 0.563. The number of amides is 1. The number of benzene rings is 2. The Kier molecular flexibility index (Phi) is 4.41. The van der Waals surface area contributed by atoms with Gasteiger partial charge in [-0.3, -0.25) is 4.79 Å². The lowest BCUT2D eigenvalue weighted by Crippen LogP contribution is -2.24. The van der Waals surface area contributed by atoms with E-state index in [9.17, 15) is 4.79 Å². The van der Waals surface area contributed by atoms with Gasteiger partial charge >= 0.3 is 0 Å². The highest BCUT2D eigenvalue weighted by Crippen LogP contribution is 2.22. The van der Waals surface area contributed by atoms with Crippen molar-refractivity contribution in [2.75, 3.05) is 0 Å². The smallest absolute Gasteiger partial charge is 0.247 e. The fraction of sp³-hybridized carbons (Fsp3) is 0.105. The number of halogens is 1. The molecule has 0 bridgehead atoms. The van der Waals surface area contributed by atoms with E-state index in [1.165, 1.54) is 0 Å². The Balaban J connectivity index is 1.40. The zero-order valence-electron chi connectivity index (χ0n) is 13.7. The largest absolute Gasteiger partial charge is 0.419 e. The highest BCUT2D eigenvalue weighted by Gasteiger charge is 2.12. The summed E-state index contributed by atoms with van der Waals surface area (Å²) >= 11 is 6.04. The summed E-state index contributed by atoms with van der Waals surface area (Å²) in [6.45, 7) is 0.182. The number of nitrogens with one attached hydrogen (secondary N) is 2. The monoisotopic (exact) mass is 366 g/mol. The molecule has 26 heavy (non-hydrogen) atoms. The average molecular weight is 367 g/mol. The SMILES string of the molecule is O=C(Cc1c[nH]c2ccc(Cl)cc12)NCc1nnc(-c2ccccc2)o1. The molecule has 6 nitrogen and oxygen atoms in total. The highest BCUT2D eigenvalue weighted by atomic mass is 35.5. The number of aromatic amines is 1. The molecule has 2 aromatic heterocycles. The van der Waals surface area contributed by atoms with Crippen LogP contribution in [0.15, 0.2) is 59.1 Å². The molecule has 0 saturated carbocycles. The maximum atomic E-state index is 12.2. The Morgan fingerprint density at radius 3 is 2.85 bits per heavy atom. The van der Waals surface area contributed by atoms with Gasteiger partial charge in [0.1, 0.15) is 0 Å². The summed E-state index contributed by atoms with van der Waals surface area (Å²) in [7, 11) is 0. The van der Waals surface area contributed by atoms with Gasteiger partial charge < -0.3 is 14.7 Å². The zero-order valence-corrected chi connectivity index (χ0v) is 14.5. The molecule has 2 heterocycles. The van der Waals surface area contributed by atoms with Crippen LogP contribution in [0.5, 0.6) is 0 Å². The summed E-state index contributed by atoms with van der Waals surface area (Å²) in [6, 6.07) is 15.0. The number of hydrogen-bond donors (Lipinski definition) is 2. The summed E-state index contributed by atoms with van der Waals surface area (Å²) < 4.78 is 5.58. The van der Waals surface area contributed by atoms with Crippen LogP contribution in [0.4, 0.5) is 0 Å². The van der Waals surface area contributed by atoms with E-state index in [1.54, 1.807) is 0 Å². The summed E-state index contributed by atoms with van der Waals surface area (Å²) in [5.74, 6) is 0.658. The molecule has 4 aromatic rings. The Hall–Kier alpha value is -3.12. The average Bonchev–Trinajstić information content (AvgIpc) is 3.28. The van der Waals surface area contributed by atoms with E-state index < -0.39 is 0 Å². The first-order valence-corrected chi connectivity index (χ1v) is 8.47. The number of nitrogens with zero attached hydrogens (tertiary/aromatic N) is 2. The molecule has 0 fully saturated rings. The number of rotatable bonds is 5. The molecule has 0 saturated heterocycles. The van der Waals surface area contributed by atoms with E-state index >= 15 is 0 Å². The molecule has 7 heteroatoms. The zero-order chi connectivity index (χ0) is 17.9. The van der Waals surface area contributed by atoms with E-state index in [0.717, 1.165) is 22.0 Å². The molecule has 2 aromatic carbocycles. The molecule has 0 aliphatic rings. The first kappa shape index (κ1) is 16.4. The van der Waals surface area contributed by atoms with Crippen molar-refractivity contribution in [1.29, 1.82) is 0 Å². The molecule has 2 N–H and O–H groups in total. The van der Waals surface area contributed by atoms with Crippen LogP contribution in [0, 0.1) is 0 Å². The van der Waals surface area contributed by atoms with Gasteiger partial charge in [-0.05, 0) is 35.9 Å². The maximum Gasteiger partial charge on any atom is 0.247 e. The van der Waals surface area contributed by atoms with Gasteiger partial charge in [-0.2, -0.15) is 0 Å². The predicted octanol–water partition coefficient (Wildman–Crippen LogP) is 3.73. The van der Waals surface area contributed by atoms with Gasteiger partial charge in [-0.25, -0.2) is 0 Å². The first-order valence-electron chi connectivity index (χ1n) is 8.09. The second-order valence-electron chi connectivity index (χ2n) is 5.82. The van der Waals surface area contributed by atoms with E-state index in [0.29, 0.717) is 16.8 Å². The third-order valence-corrected chi connectivity index (χ3v) is 4.24. The van der Waals surface area contributed by atoms with Crippen molar-refractivity contribution >= 4 is 28.4 Å². The molecule has 0 aliphatic carbocycles. The minimum absolute atomic E-state index is 0.134. The van der Waals surface area contributed by atoms with Crippen LogP contribution < -0.4 is 5.32 Å². The lowest BCUT2D eigenvalue weighted by molar-refractivity contribution is -0.120. The standard InChI is InChI=1S/C19H15ClN4O2/c20-14-6-7-16-15(9-14)13(10-21-16)8-17(25)22-11-18-23-24-19(26-18)12-4-2-1-3-5-12/h1-7,9-10,21H,8,11H2,(H,22,25). The number of aromatic nitrogens is 3. The Bertz CT molecular complexity index is 1060. The lowest BCUT2D eigenvalue weighted by atomic mass is 10.1. The van der Waals surface area contributed by atoms with Crippen LogP contribution in [0.25, 0.3) is 22.4 Å². The van der Waals surface area contributed by atoms with E-state index in [4.69, 9.17) is 16.0 Å². The molecule has 1 amide bonds. The van der Waals surface area contributed by atoms with Crippen LogP contribution in [0.2, 0.25) is 5.02 Å². The number of carbonyl (C=O) groups excluding carboxylic acids is 1. The van der Waals surface area contributed by atoms with Crippen molar-refractivity contribution in [2.24, 2.45) is 0 Å². The Morgan fingerprint density at radius 2 is 2.00 bits per heavy atom. The topological polar surface area (TPSA) is 83.8 Å². The van der Waals surface area contributed by atoms with Gasteiger partial charge in [-0.15, -0.1) is 10.2 Å². The van der Waals surface area contributed by atoms with Crippen LogP contribution in [0.1, 0.15) is 11.5 Å². The number of carbonyl (C=O) groups is 1. The van der Waals surface area contributed by atoms with Gasteiger partial charge in [0, 0.05) is 27.7 Å². The summed E-state index contributed by atoms with van der Waals surface area (Å²) in [5, 5.41) is 12.3. The molecule has 0 radical (unpaired) electrons. The molecular formula is C19H15ClN4O2. The second kappa shape index (κ2) is 7.01.